The summed E-state index contributed by atoms with van der Waals surface area (Å²) in [5, 5.41) is 0. The van der Waals surface area contributed by atoms with E-state index in [-0.39, 0.29) is 0 Å². The molecule has 1 nitrogen and oxygen atoms in total. The molecule has 0 amide bonds. The molecule has 1 heterocycles. The largest absolute Gasteiger partial charge is 0.298 e. The number of hydrogen-bond acceptors (Lipinski definition) is 1. The van der Waals surface area contributed by atoms with Crippen molar-refractivity contribution in [3.8, 4) is 0 Å². The molecule has 0 bridgehead atoms. The van der Waals surface area contributed by atoms with Crippen LogP contribution in [0.2, 0.25) is 0 Å². The van der Waals surface area contributed by atoms with Crippen LogP contribution in [-0.4, -0.2) is 23.5 Å². The van der Waals surface area contributed by atoms with E-state index in [1.807, 2.05) is 13.8 Å². The Morgan fingerprint density at radius 1 is 0.733 bits per heavy atom. The molecule has 15 heavy (non-hydrogen) atoms. The minimum atomic E-state index is 0.429. The van der Waals surface area contributed by atoms with Gasteiger partial charge in [0.15, 0.2) is 0 Å². The lowest BCUT2D eigenvalue weighted by Gasteiger charge is -2.42. The zero-order valence-corrected chi connectivity index (χ0v) is 12.6. The molecule has 0 N–H and O–H groups in total. The maximum atomic E-state index is 2.49. The molecule has 1 heteroatoms. The van der Waals surface area contributed by atoms with E-state index in [2.05, 4.69) is 53.4 Å². The first-order valence-electron chi connectivity index (χ1n) is 6.36. The Hall–Kier alpha value is -0.0400. The molecule has 0 atom stereocenters. The molecule has 1 fully saturated rings. The Balaban J connectivity index is 0. The van der Waals surface area contributed by atoms with Crippen molar-refractivity contribution in [2.75, 3.05) is 13.1 Å². The van der Waals surface area contributed by atoms with E-state index in [0.717, 1.165) is 0 Å². The van der Waals surface area contributed by atoms with Gasteiger partial charge in [-0.05, 0) is 45.7 Å². The van der Waals surface area contributed by atoms with Gasteiger partial charge < -0.3 is 0 Å². The first-order valence-corrected chi connectivity index (χ1v) is 6.36. The molecule has 0 saturated carbocycles. The van der Waals surface area contributed by atoms with Gasteiger partial charge in [-0.1, -0.05) is 41.5 Å². The second-order valence-electron chi connectivity index (χ2n) is 6.51. The molecule has 0 aliphatic carbocycles. The number of nitrogens with zero attached hydrogens (tertiary/aromatic N) is 1. The standard InChI is InChI=1S/C7H15N.C5H12.C2H6/c1-7(2,3)8-5-4-6-8;1-5(2,3)4;1-2/h4-6H2,1-3H3;1-4H3;1-2H3. The Morgan fingerprint density at radius 3 is 1.00 bits per heavy atom. The number of rotatable bonds is 0. The fourth-order valence-electron chi connectivity index (χ4n) is 0.987. The maximum absolute atomic E-state index is 2.49. The van der Waals surface area contributed by atoms with Crippen LogP contribution in [-0.2, 0) is 0 Å². The highest BCUT2D eigenvalue weighted by atomic mass is 15.2. The highest BCUT2D eigenvalue weighted by Crippen LogP contribution is 2.19. The summed E-state index contributed by atoms with van der Waals surface area (Å²) in [7, 11) is 0. The van der Waals surface area contributed by atoms with Crippen LogP contribution in [0.4, 0.5) is 0 Å². The van der Waals surface area contributed by atoms with Crippen molar-refractivity contribution in [2.24, 2.45) is 5.41 Å². The van der Waals surface area contributed by atoms with E-state index in [9.17, 15) is 0 Å². The van der Waals surface area contributed by atoms with E-state index >= 15 is 0 Å². The van der Waals surface area contributed by atoms with Crippen LogP contribution < -0.4 is 0 Å². The van der Waals surface area contributed by atoms with Gasteiger partial charge in [-0.25, -0.2) is 0 Å². The molecule has 0 unspecified atom stereocenters. The third kappa shape index (κ3) is 14.0. The van der Waals surface area contributed by atoms with Gasteiger partial charge in [0.25, 0.3) is 0 Å². The predicted molar refractivity (Wildman–Crippen MR) is 72.4 cm³/mol. The lowest BCUT2D eigenvalue weighted by Crippen LogP contribution is -2.49. The van der Waals surface area contributed by atoms with Crippen LogP contribution >= 0.6 is 0 Å². The quantitative estimate of drug-likeness (QED) is 0.572. The monoisotopic (exact) mass is 215 g/mol. The predicted octanol–water partition coefficient (Wildman–Crippen LogP) is 4.57. The second kappa shape index (κ2) is 7.27. The Labute approximate surface area is 98.2 Å². The van der Waals surface area contributed by atoms with Crippen LogP contribution in [0.15, 0.2) is 0 Å². The smallest absolute Gasteiger partial charge is 0.0125 e. The van der Waals surface area contributed by atoms with Gasteiger partial charge in [-0.2, -0.15) is 0 Å². The summed E-state index contributed by atoms with van der Waals surface area (Å²) in [6, 6.07) is 0. The summed E-state index contributed by atoms with van der Waals surface area (Å²) in [5.74, 6) is 0. The van der Waals surface area contributed by atoms with Crippen LogP contribution in [0.5, 0.6) is 0 Å². The number of likely N-dealkylation sites (tertiary alicyclic amines) is 1. The molecule has 1 aliphatic heterocycles. The molecule has 0 aromatic rings. The summed E-state index contributed by atoms with van der Waals surface area (Å²) in [6.45, 7) is 22.2. The molecule has 1 rings (SSSR count). The number of hydrogen-bond donors (Lipinski definition) is 0. The molecule has 0 radical (unpaired) electrons. The fourth-order valence-corrected chi connectivity index (χ4v) is 0.987. The van der Waals surface area contributed by atoms with Crippen molar-refractivity contribution in [2.45, 2.75) is 74.3 Å². The lowest BCUT2D eigenvalue weighted by molar-refractivity contribution is 0.0690. The highest BCUT2D eigenvalue weighted by molar-refractivity contribution is 4.81. The average molecular weight is 215 g/mol. The molecular formula is C14H33N. The van der Waals surface area contributed by atoms with E-state index in [1.54, 1.807) is 0 Å². The topological polar surface area (TPSA) is 3.24 Å². The Bertz CT molecular complexity index is 126. The molecule has 1 aliphatic rings. The first-order chi connectivity index (χ1) is 6.61. The summed E-state index contributed by atoms with van der Waals surface area (Å²) in [4.78, 5) is 2.49. The highest BCUT2D eigenvalue weighted by Gasteiger charge is 2.25. The van der Waals surface area contributed by atoms with Gasteiger partial charge in [0.2, 0.25) is 0 Å². The van der Waals surface area contributed by atoms with Crippen LogP contribution in [0.25, 0.3) is 0 Å². The molecule has 0 spiro atoms. The minimum Gasteiger partial charge on any atom is -0.298 e. The van der Waals surface area contributed by atoms with Crippen molar-refractivity contribution in [1.82, 2.24) is 4.90 Å². The van der Waals surface area contributed by atoms with Gasteiger partial charge in [0.05, 0.1) is 0 Å². The summed E-state index contributed by atoms with van der Waals surface area (Å²) in [5.41, 5.74) is 0.929. The van der Waals surface area contributed by atoms with Gasteiger partial charge in [0.1, 0.15) is 0 Å². The molecule has 94 valence electrons. The van der Waals surface area contributed by atoms with E-state index in [4.69, 9.17) is 0 Å². The van der Waals surface area contributed by atoms with Gasteiger partial charge in [-0.15, -0.1) is 0 Å². The van der Waals surface area contributed by atoms with Gasteiger partial charge in [0, 0.05) is 5.54 Å². The van der Waals surface area contributed by atoms with Gasteiger partial charge in [-0.3, -0.25) is 4.90 Å². The minimum absolute atomic E-state index is 0.429. The third-order valence-electron chi connectivity index (χ3n) is 1.80. The zero-order chi connectivity index (χ0) is 12.7. The van der Waals surface area contributed by atoms with E-state index in [0.29, 0.717) is 11.0 Å². The normalized spacial score (nSPS) is 16.6. The van der Waals surface area contributed by atoms with Crippen molar-refractivity contribution in [1.29, 1.82) is 0 Å². The fraction of sp³-hybridized carbons (Fsp3) is 1.00. The maximum Gasteiger partial charge on any atom is 0.0125 e. The molecule has 1 saturated heterocycles. The summed E-state index contributed by atoms with van der Waals surface area (Å²) >= 11 is 0. The Morgan fingerprint density at radius 2 is 1.00 bits per heavy atom. The summed E-state index contributed by atoms with van der Waals surface area (Å²) in [6.07, 6.45) is 1.40. The van der Waals surface area contributed by atoms with Gasteiger partial charge >= 0.3 is 0 Å². The van der Waals surface area contributed by atoms with Crippen molar-refractivity contribution >= 4 is 0 Å². The average Bonchev–Trinajstić information content (AvgIpc) is 1.79. The van der Waals surface area contributed by atoms with E-state index in [1.165, 1.54) is 19.5 Å². The SMILES string of the molecule is CC.CC(C)(C)C.CC(C)(C)N1CCC1. The molecule has 0 aromatic carbocycles. The molecular weight excluding hydrogens is 182 g/mol. The van der Waals surface area contributed by atoms with E-state index < -0.39 is 0 Å². The van der Waals surface area contributed by atoms with Crippen molar-refractivity contribution < 1.29 is 0 Å². The summed E-state index contributed by atoms with van der Waals surface area (Å²) < 4.78 is 0. The lowest BCUT2D eigenvalue weighted by atomic mass is 10.0. The second-order valence-corrected chi connectivity index (χ2v) is 6.51. The molecule has 0 aromatic heterocycles. The first kappa shape index (κ1) is 17.4. The van der Waals surface area contributed by atoms with Crippen LogP contribution in [0.1, 0.15) is 68.7 Å². The van der Waals surface area contributed by atoms with Crippen molar-refractivity contribution in [3.63, 3.8) is 0 Å². The Kier molecular flexibility index (Phi) is 8.41. The van der Waals surface area contributed by atoms with Crippen molar-refractivity contribution in [3.05, 3.63) is 0 Å². The zero-order valence-electron chi connectivity index (χ0n) is 12.6. The van der Waals surface area contributed by atoms with Crippen LogP contribution in [0, 0.1) is 5.41 Å². The van der Waals surface area contributed by atoms with Crippen LogP contribution in [0.3, 0.4) is 0 Å². The third-order valence-corrected chi connectivity index (χ3v) is 1.80.